The lowest BCUT2D eigenvalue weighted by Gasteiger charge is -2.17. The van der Waals surface area contributed by atoms with Gasteiger partial charge in [-0.05, 0) is 18.9 Å². The highest BCUT2D eigenvalue weighted by Crippen LogP contribution is 2.27. The van der Waals surface area contributed by atoms with Crippen LogP contribution in [0.25, 0.3) is 5.65 Å². The van der Waals surface area contributed by atoms with Gasteiger partial charge in [-0.15, -0.1) is 0 Å². The van der Waals surface area contributed by atoms with Crippen molar-refractivity contribution in [3.05, 3.63) is 41.6 Å². The summed E-state index contributed by atoms with van der Waals surface area (Å²) < 4.78 is 25.5. The topological polar surface area (TPSA) is 109 Å². The molecule has 1 aromatic carbocycles. The third kappa shape index (κ3) is 3.34. The number of phenolic OH excluding ortho intramolecular Hbond substituents is 1. The Hall–Kier alpha value is -2.68. The first kappa shape index (κ1) is 18.1. The normalized spacial score (nSPS) is 13.3. The Bertz CT molecular complexity index is 1060. The van der Waals surface area contributed by atoms with Crippen molar-refractivity contribution in [2.75, 3.05) is 11.6 Å². The van der Waals surface area contributed by atoms with Gasteiger partial charge < -0.3 is 10.4 Å². The van der Waals surface area contributed by atoms with Crippen LogP contribution in [0, 0.1) is 0 Å². The highest BCUT2D eigenvalue weighted by Gasteiger charge is 2.21. The van der Waals surface area contributed by atoms with Crippen molar-refractivity contribution < 1.29 is 13.5 Å². The zero-order chi connectivity index (χ0) is 19.1. The van der Waals surface area contributed by atoms with Gasteiger partial charge in [-0.25, -0.2) is 8.42 Å². The fraction of sp³-hybridized carbons (Fsp3) is 0.353. The summed E-state index contributed by atoms with van der Waals surface area (Å²) >= 11 is 0. The number of nitrogens with zero attached hydrogens (tertiary/aromatic N) is 4. The Labute approximate surface area is 151 Å². The van der Waals surface area contributed by atoms with E-state index in [4.69, 9.17) is 0 Å². The number of hydrogen-bond acceptors (Lipinski definition) is 7. The molecule has 0 aliphatic rings. The largest absolute Gasteiger partial charge is 0.508 e. The molecule has 0 saturated heterocycles. The highest BCUT2D eigenvalue weighted by molar-refractivity contribution is 7.90. The lowest BCUT2D eigenvalue weighted by Crippen LogP contribution is -2.16. The highest BCUT2D eigenvalue weighted by atomic mass is 32.2. The molecule has 3 aromatic rings. The summed E-state index contributed by atoms with van der Waals surface area (Å²) in [5.41, 5.74) is 1.94. The Morgan fingerprint density at radius 2 is 1.81 bits per heavy atom. The average Bonchev–Trinajstić information content (AvgIpc) is 2.98. The van der Waals surface area contributed by atoms with Crippen LogP contribution in [0.4, 0.5) is 5.95 Å². The number of hydrogen-bond donors (Lipinski definition) is 2. The molecule has 2 aromatic heterocycles. The summed E-state index contributed by atoms with van der Waals surface area (Å²) in [6.45, 7) is 5.81. The molecule has 0 fully saturated rings. The van der Waals surface area contributed by atoms with Crippen LogP contribution in [-0.4, -0.2) is 39.4 Å². The molecule has 9 heteroatoms. The van der Waals surface area contributed by atoms with Crippen molar-refractivity contribution in [3.63, 3.8) is 0 Å². The van der Waals surface area contributed by atoms with Gasteiger partial charge in [-0.1, -0.05) is 32.0 Å². The number of anilines is 1. The molecule has 0 spiro atoms. The van der Waals surface area contributed by atoms with E-state index in [2.05, 4.69) is 20.4 Å². The molecule has 0 aliphatic carbocycles. The number of rotatable bonds is 5. The van der Waals surface area contributed by atoms with Crippen LogP contribution < -0.4 is 5.32 Å². The third-order valence-corrected chi connectivity index (χ3v) is 4.92. The molecule has 26 heavy (non-hydrogen) atoms. The predicted molar refractivity (Wildman–Crippen MR) is 98.1 cm³/mol. The van der Waals surface area contributed by atoms with Crippen LogP contribution in [0.3, 0.4) is 0 Å². The smallest absolute Gasteiger partial charge is 0.252 e. The van der Waals surface area contributed by atoms with Gasteiger partial charge in [0.15, 0.2) is 5.65 Å². The van der Waals surface area contributed by atoms with Gasteiger partial charge in [0.1, 0.15) is 5.75 Å². The maximum Gasteiger partial charge on any atom is 0.252 e. The summed E-state index contributed by atoms with van der Waals surface area (Å²) in [5.74, 6) is 0.515. The molecule has 2 N–H and O–H groups in total. The molecule has 0 radical (unpaired) electrons. The number of fused-ring (bicyclic) bond motifs is 1. The van der Waals surface area contributed by atoms with Gasteiger partial charge in [-0.3, -0.25) is 0 Å². The summed E-state index contributed by atoms with van der Waals surface area (Å²) in [6.07, 6.45) is 2.73. The van der Waals surface area contributed by atoms with Crippen molar-refractivity contribution in [3.8, 4) is 5.75 Å². The first-order chi connectivity index (χ1) is 12.2. The standard InChI is InChI=1S/C17H21N5O3S/c1-10(2)13-9-18-22-15(13)20-17(26(4,24)25)21-16(22)19-11(3)12-7-5-6-8-14(12)23/h5-11,23H,1-4H3,(H,19,20,21)/t11-/m0/s1. The molecule has 1 atom stereocenters. The van der Waals surface area contributed by atoms with Gasteiger partial charge >= 0.3 is 0 Å². The van der Waals surface area contributed by atoms with E-state index in [0.29, 0.717) is 11.2 Å². The molecular weight excluding hydrogens is 354 g/mol. The number of aromatic nitrogens is 4. The SMILES string of the molecule is CC(C)c1cnn2c(N[C@@H](C)c3ccccc3O)nc(S(C)(=O)=O)nc12. The first-order valence-corrected chi connectivity index (χ1v) is 10.1. The van der Waals surface area contributed by atoms with Crippen molar-refractivity contribution in [2.24, 2.45) is 0 Å². The molecule has 0 amide bonds. The molecular formula is C17H21N5O3S. The number of phenols is 1. The Morgan fingerprint density at radius 3 is 2.42 bits per heavy atom. The molecule has 8 nitrogen and oxygen atoms in total. The van der Waals surface area contributed by atoms with E-state index in [9.17, 15) is 13.5 Å². The van der Waals surface area contributed by atoms with Crippen LogP contribution in [0.1, 0.15) is 43.9 Å². The second-order valence-corrected chi connectivity index (χ2v) is 8.43. The van der Waals surface area contributed by atoms with E-state index in [1.165, 1.54) is 4.52 Å². The molecule has 0 aliphatic heterocycles. The first-order valence-electron chi connectivity index (χ1n) is 8.18. The molecule has 138 valence electrons. The van der Waals surface area contributed by atoms with E-state index in [0.717, 1.165) is 11.8 Å². The van der Waals surface area contributed by atoms with E-state index >= 15 is 0 Å². The Morgan fingerprint density at radius 1 is 1.12 bits per heavy atom. The molecule has 0 saturated carbocycles. The Kier molecular flexibility index (Phi) is 4.57. The summed E-state index contributed by atoms with van der Waals surface area (Å²) in [5, 5.41) is 17.2. The lowest BCUT2D eigenvalue weighted by atomic mass is 10.1. The minimum absolute atomic E-state index is 0.123. The predicted octanol–water partition coefficient (Wildman–Crippen LogP) is 2.53. The lowest BCUT2D eigenvalue weighted by molar-refractivity contribution is 0.465. The van der Waals surface area contributed by atoms with Gasteiger partial charge in [0.2, 0.25) is 15.8 Å². The monoisotopic (exact) mass is 375 g/mol. The van der Waals surface area contributed by atoms with E-state index < -0.39 is 9.84 Å². The maximum absolute atomic E-state index is 12.0. The number of para-hydroxylation sites is 1. The van der Waals surface area contributed by atoms with Gasteiger partial charge in [0, 0.05) is 17.4 Å². The van der Waals surface area contributed by atoms with E-state index in [1.807, 2.05) is 26.8 Å². The summed E-state index contributed by atoms with van der Waals surface area (Å²) in [6, 6.07) is 6.60. The van der Waals surface area contributed by atoms with E-state index in [1.54, 1.807) is 24.4 Å². The number of nitrogens with one attached hydrogen (secondary N) is 1. The van der Waals surface area contributed by atoms with Crippen LogP contribution in [0.5, 0.6) is 5.75 Å². The molecule has 0 unspecified atom stereocenters. The number of sulfone groups is 1. The quantitative estimate of drug-likeness (QED) is 0.705. The number of benzene rings is 1. The number of aromatic hydroxyl groups is 1. The minimum atomic E-state index is -3.60. The second kappa shape index (κ2) is 6.56. The molecule has 2 heterocycles. The van der Waals surface area contributed by atoms with Crippen LogP contribution in [0.2, 0.25) is 0 Å². The van der Waals surface area contributed by atoms with Crippen molar-refractivity contribution in [1.29, 1.82) is 0 Å². The average molecular weight is 375 g/mol. The molecule has 0 bridgehead atoms. The Balaban J connectivity index is 2.14. The fourth-order valence-electron chi connectivity index (χ4n) is 2.67. The third-order valence-electron chi connectivity index (χ3n) is 4.08. The van der Waals surface area contributed by atoms with Gasteiger partial charge in [0.05, 0.1) is 12.2 Å². The van der Waals surface area contributed by atoms with Crippen LogP contribution in [0.15, 0.2) is 35.6 Å². The second-order valence-electron chi connectivity index (χ2n) is 6.52. The maximum atomic E-state index is 12.0. The van der Waals surface area contributed by atoms with Crippen LogP contribution >= 0.6 is 0 Å². The fourth-order valence-corrected chi connectivity index (χ4v) is 3.17. The summed E-state index contributed by atoms with van der Waals surface area (Å²) in [7, 11) is -3.60. The minimum Gasteiger partial charge on any atom is -0.508 e. The van der Waals surface area contributed by atoms with Gasteiger partial charge in [-0.2, -0.15) is 19.6 Å². The summed E-state index contributed by atoms with van der Waals surface area (Å²) in [4.78, 5) is 8.35. The zero-order valence-electron chi connectivity index (χ0n) is 15.0. The molecule has 3 rings (SSSR count). The van der Waals surface area contributed by atoms with Gasteiger partial charge in [0.25, 0.3) is 5.16 Å². The van der Waals surface area contributed by atoms with Crippen molar-refractivity contribution in [1.82, 2.24) is 19.6 Å². The van der Waals surface area contributed by atoms with Crippen molar-refractivity contribution in [2.45, 2.75) is 37.9 Å². The van der Waals surface area contributed by atoms with Crippen molar-refractivity contribution >= 4 is 21.4 Å². The van der Waals surface area contributed by atoms with Crippen LogP contribution in [-0.2, 0) is 9.84 Å². The van der Waals surface area contributed by atoms with E-state index in [-0.39, 0.29) is 28.8 Å². The zero-order valence-corrected chi connectivity index (χ0v) is 15.8.